The Bertz CT molecular complexity index is 424. The smallest absolute Gasteiger partial charge is 0.122 e. The standard InChI is InChI=1S/C18H31NO2/c1-14(11-12-19-18(2,3)4)7-8-15-13-16(20-5)9-10-17(15)21-6/h9-10,13-14,19H,7-8,11-12H2,1-6H3. The molecular formula is C18H31NO2. The lowest BCUT2D eigenvalue weighted by molar-refractivity contribution is 0.381. The van der Waals surface area contributed by atoms with Crippen LogP contribution in [0.2, 0.25) is 0 Å². The van der Waals surface area contributed by atoms with Gasteiger partial charge in [-0.15, -0.1) is 0 Å². The van der Waals surface area contributed by atoms with Gasteiger partial charge in [0.15, 0.2) is 0 Å². The summed E-state index contributed by atoms with van der Waals surface area (Å²) in [6, 6.07) is 6.01. The Morgan fingerprint density at radius 1 is 1.10 bits per heavy atom. The maximum Gasteiger partial charge on any atom is 0.122 e. The lowest BCUT2D eigenvalue weighted by Crippen LogP contribution is -2.36. The normalized spacial score (nSPS) is 13.0. The fourth-order valence-corrected chi connectivity index (χ4v) is 2.32. The van der Waals surface area contributed by atoms with Gasteiger partial charge in [-0.2, -0.15) is 0 Å². The molecule has 1 unspecified atom stereocenters. The Morgan fingerprint density at radius 3 is 2.38 bits per heavy atom. The minimum Gasteiger partial charge on any atom is -0.497 e. The molecule has 3 heteroatoms. The van der Waals surface area contributed by atoms with E-state index in [1.165, 1.54) is 12.0 Å². The molecule has 0 radical (unpaired) electrons. The third-order valence-electron chi connectivity index (χ3n) is 3.69. The van der Waals surface area contributed by atoms with Crippen LogP contribution in [-0.2, 0) is 6.42 Å². The molecule has 120 valence electrons. The molecule has 1 N–H and O–H groups in total. The van der Waals surface area contributed by atoms with Crippen molar-refractivity contribution < 1.29 is 9.47 Å². The van der Waals surface area contributed by atoms with Gasteiger partial charge in [-0.1, -0.05) is 6.92 Å². The highest BCUT2D eigenvalue weighted by molar-refractivity contribution is 5.40. The van der Waals surface area contributed by atoms with E-state index in [4.69, 9.17) is 9.47 Å². The largest absolute Gasteiger partial charge is 0.497 e. The van der Waals surface area contributed by atoms with Crippen molar-refractivity contribution in [1.29, 1.82) is 0 Å². The number of nitrogens with one attached hydrogen (secondary N) is 1. The van der Waals surface area contributed by atoms with Crippen LogP contribution < -0.4 is 14.8 Å². The average Bonchev–Trinajstić information content (AvgIpc) is 2.43. The number of aryl methyl sites for hydroxylation is 1. The second-order valence-electron chi connectivity index (χ2n) is 6.79. The molecule has 3 nitrogen and oxygen atoms in total. The maximum atomic E-state index is 5.44. The fraction of sp³-hybridized carbons (Fsp3) is 0.667. The van der Waals surface area contributed by atoms with Crippen molar-refractivity contribution in [2.45, 2.75) is 52.5 Å². The topological polar surface area (TPSA) is 30.5 Å². The Morgan fingerprint density at radius 2 is 1.81 bits per heavy atom. The zero-order valence-corrected chi connectivity index (χ0v) is 14.5. The van der Waals surface area contributed by atoms with E-state index >= 15 is 0 Å². The van der Waals surface area contributed by atoms with Crippen molar-refractivity contribution in [2.75, 3.05) is 20.8 Å². The molecule has 1 aromatic carbocycles. The lowest BCUT2D eigenvalue weighted by Gasteiger charge is -2.22. The second kappa shape index (κ2) is 8.28. The van der Waals surface area contributed by atoms with Gasteiger partial charge in [-0.25, -0.2) is 0 Å². The first-order valence-corrected chi connectivity index (χ1v) is 7.81. The molecule has 0 bridgehead atoms. The molecule has 0 saturated heterocycles. The van der Waals surface area contributed by atoms with Crippen molar-refractivity contribution in [3.8, 4) is 11.5 Å². The second-order valence-corrected chi connectivity index (χ2v) is 6.79. The SMILES string of the molecule is COc1ccc(OC)c(CCC(C)CCNC(C)(C)C)c1. The number of rotatable bonds is 8. The van der Waals surface area contributed by atoms with E-state index in [1.807, 2.05) is 12.1 Å². The third-order valence-corrected chi connectivity index (χ3v) is 3.69. The van der Waals surface area contributed by atoms with Gasteiger partial charge < -0.3 is 14.8 Å². The van der Waals surface area contributed by atoms with Crippen LogP contribution in [0.1, 0.15) is 46.1 Å². The van der Waals surface area contributed by atoms with Crippen LogP contribution in [0.5, 0.6) is 11.5 Å². The fourth-order valence-electron chi connectivity index (χ4n) is 2.32. The van der Waals surface area contributed by atoms with Gasteiger partial charge in [-0.3, -0.25) is 0 Å². The minimum absolute atomic E-state index is 0.204. The molecule has 0 aliphatic heterocycles. The summed E-state index contributed by atoms with van der Waals surface area (Å²) in [4.78, 5) is 0. The molecule has 0 heterocycles. The van der Waals surface area contributed by atoms with E-state index in [0.29, 0.717) is 5.92 Å². The highest BCUT2D eigenvalue weighted by Crippen LogP contribution is 2.26. The quantitative estimate of drug-likeness (QED) is 0.784. The van der Waals surface area contributed by atoms with Crippen molar-refractivity contribution in [3.63, 3.8) is 0 Å². The number of ether oxygens (including phenoxy) is 2. The Hall–Kier alpha value is -1.22. The monoisotopic (exact) mass is 293 g/mol. The Kier molecular flexibility index (Phi) is 7.03. The number of hydrogen-bond donors (Lipinski definition) is 1. The summed E-state index contributed by atoms with van der Waals surface area (Å²) in [5, 5.41) is 3.55. The highest BCUT2D eigenvalue weighted by atomic mass is 16.5. The van der Waals surface area contributed by atoms with Crippen molar-refractivity contribution in [2.24, 2.45) is 5.92 Å². The van der Waals surface area contributed by atoms with E-state index in [2.05, 4.69) is 39.1 Å². The van der Waals surface area contributed by atoms with Crippen LogP contribution in [-0.4, -0.2) is 26.3 Å². The molecule has 0 amide bonds. The summed E-state index contributed by atoms with van der Waals surface area (Å²) in [6.45, 7) is 10.0. The van der Waals surface area contributed by atoms with Gasteiger partial charge in [0.25, 0.3) is 0 Å². The zero-order valence-electron chi connectivity index (χ0n) is 14.5. The Balaban J connectivity index is 2.46. The van der Waals surface area contributed by atoms with Gasteiger partial charge >= 0.3 is 0 Å². The van der Waals surface area contributed by atoms with Crippen LogP contribution in [0.15, 0.2) is 18.2 Å². The molecule has 0 saturated carbocycles. The predicted octanol–water partition coefficient (Wildman–Crippen LogP) is 4.05. The van der Waals surface area contributed by atoms with Crippen LogP contribution in [0.25, 0.3) is 0 Å². The molecule has 0 aliphatic carbocycles. The van der Waals surface area contributed by atoms with Crippen molar-refractivity contribution in [3.05, 3.63) is 23.8 Å². The molecule has 0 fully saturated rings. The van der Waals surface area contributed by atoms with Crippen molar-refractivity contribution in [1.82, 2.24) is 5.32 Å². The van der Waals surface area contributed by atoms with E-state index in [-0.39, 0.29) is 5.54 Å². The summed E-state index contributed by atoms with van der Waals surface area (Å²) in [5.74, 6) is 2.54. The maximum absolute atomic E-state index is 5.44. The summed E-state index contributed by atoms with van der Waals surface area (Å²) >= 11 is 0. The van der Waals surface area contributed by atoms with Crippen molar-refractivity contribution >= 4 is 0 Å². The lowest BCUT2D eigenvalue weighted by atomic mass is 9.97. The first-order valence-electron chi connectivity index (χ1n) is 7.81. The predicted molar refractivity (Wildman–Crippen MR) is 89.4 cm³/mol. The Labute approximate surface area is 130 Å². The molecule has 0 aromatic heterocycles. The van der Waals surface area contributed by atoms with E-state index in [0.717, 1.165) is 30.9 Å². The summed E-state index contributed by atoms with van der Waals surface area (Å²) in [7, 11) is 3.42. The van der Waals surface area contributed by atoms with Gasteiger partial charge in [0.2, 0.25) is 0 Å². The van der Waals surface area contributed by atoms with Crippen LogP contribution in [0.4, 0.5) is 0 Å². The molecule has 1 atom stereocenters. The van der Waals surface area contributed by atoms with E-state index < -0.39 is 0 Å². The minimum atomic E-state index is 0.204. The van der Waals surface area contributed by atoms with Crippen LogP contribution in [0, 0.1) is 5.92 Å². The first kappa shape index (κ1) is 17.8. The summed E-state index contributed by atoms with van der Waals surface area (Å²) in [6.07, 6.45) is 3.38. The van der Waals surface area contributed by atoms with E-state index in [1.54, 1.807) is 14.2 Å². The van der Waals surface area contributed by atoms with Gasteiger partial charge in [0.05, 0.1) is 14.2 Å². The van der Waals surface area contributed by atoms with Gasteiger partial charge in [0, 0.05) is 5.54 Å². The van der Waals surface area contributed by atoms with Gasteiger partial charge in [-0.05, 0) is 76.3 Å². The molecule has 0 spiro atoms. The van der Waals surface area contributed by atoms with Crippen LogP contribution >= 0.6 is 0 Å². The number of benzene rings is 1. The summed E-state index contributed by atoms with van der Waals surface area (Å²) in [5.41, 5.74) is 1.43. The van der Waals surface area contributed by atoms with Gasteiger partial charge in [0.1, 0.15) is 11.5 Å². The average molecular weight is 293 g/mol. The first-order chi connectivity index (χ1) is 9.85. The highest BCUT2D eigenvalue weighted by Gasteiger charge is 2.11. The molecule has 21 heavy (non-hydrogen) atoms. The molecule has 1 aromatic rings. The van der Waals surface area contributed by atoms with Crippen LogP contribution in [0.3, 0.4) is 0 Å². The summed E-state index contributed by atoms with van der Waals surface area (Å²) < 4.78 is 10.7. The number of hydrogen-bond acceptors (Lipinski definition) is 3. The number of methoxy groups -OCH3 is 2. The molecular weight excluding hydrogens is 262 g/mol. The van der Waals surface area contributed by atoms with E-state index in [9.17, 15) is 0 Å². The zero-order chi connectivity index (χ0) is 15.9. The third kappa shape index (κ3) is 6.85. The molecule has 1 rings (SSSR count). The molecule has 0 aliphatic rings.